The summed E-state index contributed by atoms with van der Waals surface area (Å²) >= 11 is 0. The fourth-order valence-electron chi connectivity index (χ4n) is 2.20. The number of nitrogens with one attached hydrogen (secondary N) is 1. The van der Waals surface area contributed by atoms with Gasteiger partial charge in [0.1, 0.15) is 11.5 Å². The van der Waals surface area contributed by atoms with Gasteiger partial charge in [0.15, 0.2) is 0 Å². The molecule has 2 rings (SSSR count). The topological polar surface area (TPSA) is 21.3 Å². The summed E-state index contributed by atoms with van der Waals surface area (Å²) in [6, 6.07) is 14.6. The third kappa shape index (κ3) is 3.61. The number of hydrogen-bond acceptors (Lipinski definition) is 2. The Hall–Kier alpha value is -1.80. The number of aryl methyl sites for hydroxylation is 1. The highest BCUT2D eigenvalue weighted by Gasteiger charge is 2.05. The van der Waals surface area contributed by atoms with Crippen molar-refractivity contribution in [1.82, 2.24) is 5.32 Å². The average molecular weight is 269 g/mol. The molecule has 0 saturated carbocycles. The summed E-state index contributed by atoms with van der Waals surface area (Å²) in [5, 5.41) is 3.16. The highest BCUT2D eigenvalue weighted by molar-refractivity contribution is 5.40. The Morgan fingerprint density at radius 1 is 1.10 bits per heavy atom. The zero-order valence-corrected chi connectivity index (χ0v) is 12.7. The van der Waals surface area contributed by atoms with Crippen LogP contribution in [-0.2, 0) is 6.54 Å². The molecule has 0 aromatic heterocycles. The van der Waals surface area contributed by atoms with Crippen LogP contribution in [0.25, 0.3) is 0 Å². The standard InChI is InChI=1S/C18H23NO/c1-13(2)16-6-5-7-17(11-16)20-18-9-8-15(12-19-4)10-14(18)3/h5-11,13,19H,12H2,1-4H3. The summed E-state index contributed by atoms with van der Waals surface area (Å²) in [6.45, 7) is 7.35. The minimum Gasteiger partial charge on any atom is -0.457 e. The molecule has 0 radical (unpaired) electrons. The van der Waals surface area contributed by atoms with E-state index in [0.29, 0.717) is 5.92 Å². The molecule has 1 N–H and O–H groups in total. The number of benzene rings is 2. The van der Waals surface area contributed by atoms with Gasteiger partial charge in [0, 0.05) is 6.54 Å². The van der Waals surface area contributed by atoms with Crippen LogP contribution in [0.4, 0.5) is 0 Å². The summed E-state index contributed by atoms with van der Waals surface area (Å²) in [5.41, 5.74) is 3.73. The van der Waals surface area contributed by atoms with Crippen LogP contribution in [0.3, 0.4) is 0 Å². The van der Waals surface area contributed by atoms with E-state index < -0.39 is 0 Å². The number of rotatable bonds is 5. The minimum atomic E-state index is 0.512. The Labute approximate surface area is 121 Å². The monoisotopic (exact) mass is 269 g/mol. The summed E-state index contributed by atoms with van der Waals surface area (Å²) in [5.74, 6) is 2.34. The van der Waals surface area contributed by atoms with E-state index >= 15 is 0 Å². The van der Waals surface area contributed by atoms with E-state index in [2.05, 4.69) is 56.4 Å². The number of ether oxygens (including phenoxy) is 1. The molecule has 0 bridgehead atoms. The first kappa shape index (κ1) is 14.6. The van der Waals surface area contributed by atoms with Crippen molar-refractivity contribution >= 4 is 0 Å². The summed E-state index contributed by atoms with van der Waals surface area (Å²) in [7, 11) is 1.96. The Morgan fingerprint density at radius 3 is 2.55 bits per heavy atom. The van der Waals surface area contributed by atoms with Crippen LogP contribution in [-0.4, -0.2) is 7.05 Å². The molecule has 0 spiro atoms. The molecule has 0 unspecified atom stereocenters. The summed E-state index contributed by atoms with van der Waals surface area (Å²) < 4.78 is 6.01. The van der Waals surface area contributed by atoms with Crippen molar-refractivity contribution in [2.75, 3.05) is 7.05 Å². The van der Waals surface area contributed by atoms with Crippen LogP contribution >= 0.6 is 0 Å². The Kier molecular flexibility index (Phi) is 4.80. The number of hydrogen-bond donors (Lipinski definition) is 1. The molecular weight excluding hydrogens is 246 g/mol. The molecule has 2 aromatic carbocycles. The minimum absolute atomic E-state index is 0.512. The Balaban J connectivity index is 2.19. The van der Waals surface area contributed by atoms with Crippen LogP contribution in [0.5, 0.6) is 11.5 Å². The molecule has 2 heteroatoms. The van der Waals surface area contributed by atoms with Gasteiger partial charge < -0.3 is 10.1 Å². The molecule has 0 aliphatic heterocycles. The van der Waals surface area contributed by atoms with E-state index in [1.54, 1.807) is 0 Å². The van der Waals surface area contributed by atoms with Crippen molar-refractivity contribution in [2.45, 2.75) is 33.2 Å². The molecule has 0 fully saturated rings. The van der Waals surface area contributed by atoms with Crippen molar-refractivity contribution in [3.05, 3.63) is 59.2 Å². The Morgan fingerprint density at radius 2 is 1.90 bits per heavy atom. The largest absolute Gasteiger partial charge is 0.457 e. The van der Waals surface area contributed by atoms with Crippen molar-refractivity contribution in [3.63, 3.8) is 0 Å². The van der Waals surface area contributed by atoms with Gasteiger partial charge in [0.2, 0.25) is 0 Å². The smallest absolute Gasteiger partial charge is 0.130 e. The molecule has 0 amide bonds. The lowest BCUT2D eigenvalue weighted by Crippen LogP contribution is -2.05. The van der Waals surface area contributed by atoms with Crippen molar-refractivity contribution in [3.8, 4) is 11.5 Å². The highest BCUT2D eigenvalue weighted by atomic mass is 16.5. The lowest BCUT2D eigenvalue weighted by molar-refractivity contribution is 0.477. The van der Waals surface area contributed by atoms with Gasteiger partial charge in [-0.25, -0.2) is 0 Å². The highest BCUT2D eigenvalue weighted by Crippen LogP contribution is 2.28. The van der Waals surface area contributed by atoms with Gasteiger partial charge in [-0.3, -0.25) is 0 Å². The molecule has 0 saturated heterocycles. The molecule has 0 atom stereocenters. The van der Waals surface area contributed by atoms with Gasteiger partial charge in [-0.15, -0.1) is 0 Å². The van der Waals surface area contributed by atoms with Crippen LogP contribution in [0, 0.1) is 6.92 Å². The third-order valence-corrected chi connectivity index (χ3v) is 3.37. The molecule has 0 aliphatic carbocycles. The molecule has 2 nitrogen and oxygen atoms in total. The van der Waals surface area contributed by atoms with Gasteiger partial charge in [0.05, 0.1) is 0 Å². The molecule has 0 aliphatic rings. The zero-order chi connectivity index (χ0) is 14.5. The van der Waals surface area contributed by atoms with Gasteiger partial charge >= 0.3 is 0 Å². The van der Waals surface area contributed by atoms with E-state index in [0.717, 1.165) is 23.6 Å². The van der Waals surface area contributed by atoms with Gasteiger partial charge in [0.25, 0.3) is 0 Å². The first-order valence-electron chi connectivity index (χ1n) is 7.12. The van der Waals surface area contributed by atoms with Crippen molar-refractivity contribution < 1.29 is 4.74 Å². The second kappa shape index (κ2) is 6.58. The molecule has 106 valence electrons. The second-order valence-electron chi connectivity index (χ2n) is 5.46. The maximum atomic E-state index is 6.01. The van der Waals surface area contributed by atoms with Crippen LogP contribution < -0.4 is 10.1 Å². The van der Waals surface area contributed by atoms with E-state index in [-0.39, 0.29) is 0 Å². The van der Waals surface area contributed by atoms with Gasteiger partial charge in [-0.05, 0) is 54.8 Å². The maximum Gasteiger partial charge on any atom is 0.130 e. The second-order valence-corrected chi connectivity index (χ2v) is 5.46. The predicted octanol–water partition coefficient (Wildman–Crippen LogP) is 4.63. The summed E-state index contributed by atoms with van der Waals surface area (Å²) in [6.07, 6.45) is 0. The van der Waals surface area contributed by atoms with Crippen LogP contribution in [0.2, 0.25) is 0 Å². The van der Waals surface area contributed by atoms with Crippen molar-refractivity contribution in [1.29, 1.82) is 0 Å². The van der Waals surface area contributed by atoms with Crippen LogP contribution in [0.15, 0.2) is 42.5 Å². The first-order chi connectivity index (χ1) is 9.60. The van der Waals surface area contributed by atoms with Gasteiger partial charge in [-0.2, -0.15) is 0 Å². The third-order valence-electron chi connectivity index (χ3n) is 3.37. The van der Waals surface area contributed by atoms with Crippen LogP contribution in [0.1, 0.15) is 36.5 Å². The quantitative estimate of drug-likeness (QED) is 0.854. The molecule has 2 aromatic rings. The lowest BCUT2D eigenvalue weighted by atomic mass is 10.0. The fraction of sp³-hybridized carbons (Fsp3) is 0.333. The normalized spacial score (nSPS) is 10.8. The summed E-state index contributed by atoms with van der Waals surface area (Å²) in [4.78, 5) is 0. The molecule has 0 heterocycles. The van der Waals surface area contributed by atoms with Gasteiger partial charge in [-0.1, -0.05) is 38.1 Å². The SMILES string of the molecule is CNCc1ccc(Oc2cccc(C(C)C)c2)c(C)c1. The van der Waals surface area contributed by atoms with Crippen molar-refractivity contribution in [2.24, 2.45) is 0 Å². The first-order valence-corrected chi connectivity index (χ1v) is 7.12. The van der Waals surface area contributed by atoms with E-state index in [4.69, 9.17) is 4.74 Å². The maximum absolute atomic E-state index is 6.01. The Bertz CT molecular complexity index is 575. The van der Waals surface area contributed by atoms with E-state index in [1.165, 1.54) is 11.1 Å². The molecule has 20 heavy (non-hydrogen) atoms. The lowest BCUT2D eigenvalue weighted by Gasteiger charge is -2.12. The van der Waals surface area contributed by atoms with E-state index in [1.807, 2.05) is 19.2 Å². The molecular formula is C18H23NO. The van der Waals surface area contributed by atoms with E-state index in [9.17, 15) is 0 Å². The predicted molar refractivity (Wildman–Crippen MR) is 84.5 cm³/mol. The fourth-order valence-corrected chi connectivity index (χ4v) is 2.20. The zero-order valence-electron chi connectivity index (χ0n) is 12.7. The average Bonchev–Trinajstić information content (AvgIpc) is 2.42.